The number of hydrogen-bond acceptors (Lipinski definition) is 2. The molecule has 18 heavy (non-hydrogen) atoms. The Balaban J connectivity index is 2.20. The Morgan fingerprint density at radius 3 is 2.50 bits per heavy atom. The molecule has 1 rings (SSSR count). The zero-order chi connectivity index (χ0) is 13.4. The average molecular weight is 256 g/mol. The molecule has 3 N–H and O–H groups in total. The Morgan fingerprint density at radius 1 is 1.28 bits per heavy atom. The highest BCUT2D eigenvalue weighted by atomic mass is 16.4. The van der Waals surface area contributed by atoms with Crippen molar-refractivity contribution in [2.75, 3.05) is 6.54 Å². The Labute approximate surface area is 108 Å². The lowest BCUT2D eigenvalue weighted by atomic mass is 9.89. The third-order valence-corrected chi connectivity index (χ3v) is 3.53. The van der Waals surface area contributed by atoms with Gasteiger partial charge >= 0.3 is 12.0 Å². The summed E-state index contributed by atoms with van der Waals surface area (Å²) in [5.74, 6) is -0.293. The van der Waals surface area contributed by atoms with Crippen LogP contribution in [0.4, 0.5) is 4.79 Å². The molecule has 104 valence electrons. The van der Waals surface area contributed by atoms with Gasteiger partial charge in [0.1, 0.15) is 0 Å². The molecule has 0 aromatic carbocycles. The van der Waals surface area contributed by atoms with E-state index >= 15 is 0 Å². The molecule has 0 aliphatic heterocycles. The van der Waals surface area contributed by atoms with Gasteiger partial charge in [0.05, 0.1) is 6.42 Å². The fourth-order valence-electron chi connectivity index (χ4n) is 2.37. The van der Waals surface area contributed by atoms with Gasteiger partial charge in [-0.25, -0.2) is 4.79 Å². The van der Waals surface area contributed by atoms with Gasteiger partial charge in [-0.05, 0) is 25.2 Å². The van der Waals surface area contributed by atoms with E-state index in [-0.39, 0.29) is 18.5 Å². The number of amides is 2. The van der Waals surface area contributed by atoms with Gasteiger partial charge in [0.15, 0.2) is 0 Å². The maximum absolute atomic E-state index is 11.6. The van der Waals surface area contributed by atoms with Crippen molar-refractivity contribution < 1.29 is 14.7 Å². The molecular weight excluding hydrogens is 232 g/mol. The highest BCUT2D eigenvalue weighted by Crippen LogP contribution is 2.22. The van der Waals surface area contributed by atoms with Gasteiger partial charge in [-0.2, -0.15) is 0 Å². The molecule has 1 atom stereocenters. The Bertz CT molecular complexity index is 275. The van der Waals surface area contributed by atoms with Crippen molar-refractivity contribution in [1.29, 1.82) is 0 Å². The molecule has 0 bridgehead atoms. The minimum atomic E-state index is -0.880. The molecule has 0 radical (unpaired) electrons. The number of hydrogen-bond donors (Lipinski definition) is 3. The minimum absolute atomic E-state index is 0.0205. The van der Waals surface area contributed by atoms with Crippen LogP contribution in [-0.2, 0) is 4.79 Å². The standard InChI is InChI=1S/C13H24N2O3/c1-2-11(8-12(16)17)15-13(18)14-9-10-6-4-3-5-7-10/h10-11H,2-9H2,1H3,(H,16,17)(H2,14,15,18). The van der Waals surface area contributed by atoms with E-state index in [1.54, 1.807) is 0 Å². The van der Waals surface area contributed by atoms with Crippen molar-refractivity contribution in [2.24, 2.45) is 5.92 Å². The summed E-state index contributed by atoms with van der Waals surface area (Å²) < 4.78 is 0. The van der Waals surface area contributed by atoms with Crippen LogP contribution >= 0.6 is 0 Å². The number of rotatable bonds is 6. The summed E-state index contributed by atoms with van der Waals surface area (Å²) >= 11 is 0. The van der Waals surface area contributed by atoms with Crippen LogP contribution in [-0.4, -0.2) is 29.7 Å². The first-order valence-electron chi connectivity index (χ1n) is 6.88. The number of carbonyl (C=O) groups excluding carboxylic acids is 1. The van der Waals surface area contributed by atoms with E-state index in [0.29, 0.717) is 18.9 Å². The second-order valence-electron chi connectivity index (χ2n) is 5.06. The summed E-state index contributed by atoms with van der Waals surface area (Å²) in [5, 5.41) is 14.2. The Kier molecular flexibility index (Phi) is 6.54. The monoisotopic (exact) mass is 256 g/mol. The summed E-state index contributed by atoms with van der Waals surface area (Å²) in [4.78, 5) is 22.2. The third-order valence-electron chi connectivity index (χ3n) is 3.53. The largest absolute Gasteiger partial charge is 0.481 e. The summed E-state index contributed by atoms with van der Waals surface area (Å²) in [7, 11) is 0. The lowest BCUT2D eigenvalue weighted by molar-refractivity contribution is -0.137. The predicted octanol–water partition coefficient (Wildman–Crippen LogP) is 2.12. The van der Waals surface area contributed by atoms with Crippen molar-refractivity contribution in [1.82, 2.24) is 10.6 Å². The number of carboxylic acid groups (broad SMARTS) is 1. The van der Waals surface area contributed by atoms with E-state index in [2.05, 4.69) is 10.6 Å². The quantitative estimate of drug-likeness (QED) is 0.681. The van der Waals surface area contributed by atoms with Gasteiger partial charge in [0, 0.05) is 12.6 Å². The molecule has 1 saturated carbocycles. The summed E-state index contributed by atoms with van der Waals surface area (Å²) in [6.07, 6.45) is 6.80. The van der Waals surface area contributed by atoms with Crippen LogP contribution < -0.4 is 10.6 Å². The normalized spacial score (nSPS) is 18.1. The van der Waals surface area contributed by atoms with E-state index in [1.807, 2.05) is 6.92 Å². The lowest BCUT2D eigenvalue weighted by Gasteiger charge is -2.22. The molecule has 1 unspecified atom stereocenters. The molecule has 5 heteroatoms. The molecule has 5 nitrogen and oxygen atoms in total. The minimum Gasteiger partial charge on any atom is -0.481 e. The fourth-order valence-corrected chi connectivity index (χ4v) is 2.37. The second kappa shape index (κ2) is 7.95. The molecule has 0 aromatic rings. The average Bonchev–Trinajstić information content (AvgIpc) is 2.36. The lowest BCUT2D eigenvalue weighted by Crippen LogP contribution is -2.44. The summed E-state index contributed by atoms with van der Waals surface area (Å²) in [6, 6.07) is -0.525. The van der Waals surface area contributed by atoms with Crippen LogP contribution in [0.3, 0.4) is 0 Å². The highest BCUT2D eigenvalue weighted by molar-refractivity contribution is 5.75. The van der Waals surface area contributed by atoms with Crippen molar-refractivity contribution in [3.63, 3.8) is 0 Å². The zero-order valence-electron chi connectivity index (χ0n) is 11.1. The smallest absolute Gasteiger partial charge is 0.315 e. The first-order chi connectivity index (χ1) is 8.61. The molecule has 0 aromatic heterocycles. The van der Waals surface area contributed by atoms with E-state index < -0.39 is 5.97 Å². The van der Waals surface area contributed by atoms with Crippen LogP contribution in [0, 0.1) is 5.92 Å². The molecule has 1 aliphatic carbocycles. The topological polar surface area (TPSA) is 78.4 Å². The van der Waals surface area contributed by atoms with Gasteiger partial charge in [0.25, 0.3) is 0 Å². The van der Waals surface area contributed by atoms with Crippen molar-refractivity contribution in [3.05, 3.63) is 0 Å². The highest BCUT2D eigenvalue weighted by Gasteiger charge is 2.16. The second-order valence-corrected chi connectivity index (χ2v) is 5.06. The number of nitrogens with one attached hydrogen (secondary N) is 2. The van der Waals surface area contributed by atoms with Crippen LogP contribution in [0.1, 0.15) is 51.9 Å². The van der Waals surface area contributed by atoms with Gasteiger partial charge in [-0.1, -0.05) is 26.2 Å². The van der Waals surface area contributed by atoms with Crippen LogP contribution in [0.2, 0.25) is 0 Å². The van der Waals surface area contributed by atoms with Gasteiger partial charge < -0.3 is 15.7 Å². The Hall–Kier alpha value is -1.26. The van der Waals surface area contributed by atoms with Crippen LogP contribution in [0.15, 0.2) is 0 Å². The maximum atomic E-state index is 11.6. The van der Waals surface area contributed by atoms with Gasteiger partial charge in [-0.15, -0.1) is 0 Å². The van der Waals surface area contributed by atoms with Gasteiger partial charge in [-0.3, -0.25) is 4.79 Å². The Morgan fingerprint density at radius 2 is 1.94 bits per heavy atom. The number of urea groups is 1. The first-order valence-corrected chi connectivity index (χ1v) is 6.88. The SMILES string of the molecule is CCC(CC(=O)O)NC(=O)NCC1CCCCC1. The van der Waals surface area contributed by atoms with E-state index in [1.165, 1.54) is 32.1 Å². The van der Waals surface area contributed by atoms with Crippen molar-refractivity contribution >= 4 is 12.0 Å². The van der Waals surface area contributed by atoms with Crippen molar-refractivity contribution in [2.45, 2.75) is 57.9 Å². The maximum Gasteiger partial charge on any atom is 0.315 e. The number of carbonyl (C=O) groups is 2. The van der Waals surface area contributed by atoms with E-state index in [9.17, 15) is 9.59 Å². The van der Waals surface area contributed by atoms with Gasteiger partial charge in [0.2, 0.25) is 0 Å². The van der Waals surface area contributed by atoms with Crippen LogP contribution in [0.25, 0.3) is 0 Å². The summed E-state index contributed by atoms with van der Waals surface area (Å²) in [5.41, 5.74) is 0. The van der Waals surface area contributed by atoms with Crippen molar-refractivity contribution in [3.8, 4) is 0 Å². The molecule has 0 saturated heterocycles. The zero-order valence-corrected chi connectivity index (χ0v) is 11.1. The number of carboxylic acids is 1. The first kappa shape index (κ1) is 14.8. The van der Waals surface area contributed by atoms with Crippen LogP contribution in [0.5, 0.6) is 0 Å². The summed E-state index contributed by atoms with van der Waals surface area (Å²) in [6.45, 7) is 2.57. The van der Waals surface area contributed by atoms with E-state index in [0.717, 1.165) is 0 Å². The predicted molar refractivity (Wildman–Crippen MR) is 69.4 cm³/mol. The third kappa shape index (κ3) is 5.89. The fraction of sp³-hybridized carbons (Fsp3) is 0.846. The molecule has 0 spiro atoms. The molecule has 0 heterocycles. The van der Waals surface area contributed by atoms with E-state index in [4.69, 9.17) is 5.11 Å². The molecule has 2 amide bonds. The molecule has 1 aliphatic rings. The molecule has 1 fully saturated rings. The number of aliphatic carboxylic acids is 1. The molecular formula is C13H24N2O3.